The molecule has 2 unspecified atom stereocenters. The van der Waals surface area contributed by atoms with Crippen molar-refractivity contribution in [2.24, 2.45) is 0 Å². The first-order chi connectivity index (χ1) is 8.67. The molecule has 0 aliphatic heterocycles. The number of hydrogen-bond donors (Lipinski definition) is 1. The fraction of sp³-hybridized carbons (Fsp3) is 0.533. The number of amides is 1. The molecule has 1 rings (SSSR count). The van der Waals surface area contributed by atoms with Crippen LogP contribution in [0.25, 0.3) is 0 Å². The number of carbonyl (C=O) groups excluding carboxylic acids is 1. The van der Waals surface area contributed by atoms with Crippen molar-refractivity contribution in [3.05, 3.63) is 30.3 Å². The predicted molar refractivity (Wildman–Crippen MR) is 78.4 cm³/mol. The van der Waals surface area contributed by atoms with Gasteiger partial charge in [0.1, 0.15) is 0 Å². The van der Waals surface area contributed by atoms with E-state index in [1.807, 2.05) is 0 Å². The normalized spacial score (nSPS) is 13.9. The second-order valence-electron chi connectivity index (χ2n) is 4.47. The number of benzene rings is 1. The second-order valence-corrected chi connectivity index (χ2v) is 7.23. The van der Waals surface area contributed by atoms with Crippen molar-refractivity contribution < 1.29 is 4.79 Å². The van der Waals surface area contributed by atoms with Crippen LogP contribution in [0.15, 0.2) is 30.3 Å². The van der Waals surface area contributed by atoms with Gasteiger partial charge in [0.05, 0.1) is 0 Å². The van der Waals surface area contributed by atoms with E-state index in [9.17, 15) is 4.79 Å². The number of hydrogen-bond acceptors (Lipinski definition) is 1. The van der Waals surface area contributed by atoms with Crippen LogP contribution in [0.3, 0.4) is 0 Å². The van der Waals surface area contributed by atoms with E-state index in [0.29, 0.717) is 25.8 Å². The third-order valence-electron chi connectivity index (χ3n) is 2.88. The molecule has 18 heavy (non-hydrogen) atoms. The fourth-order valence-electron chi connectivity index (χ4n) is 2.02. The van der Waals surface area contributed by atoms with Crippen LogP contribution >= 0.6 is 0 Å². The Morgan fingerprint density at radius 2 is 1.94 bits per heavy atom. The summed E-state index contributed by atoms with van der Waals surface area (Å²) in [6.45, 7) is 5.99. The predicted octanol–water partition coefficient (Wildman–Crippen LogP) is 2.52. The van der Waals surface area contributed by atoms with Gasteiger partial charge in [-0.3, -0.25) is 0 Å². The monoisotopic (exact) mass is 313 g/mol. The van der Waals surface area contributed by atoms with Crippen LogP contribution < -0.4 is 9.78 Å². The number of nitrogens with one attached hydrogen (secondary N) is 1. The van der Waals surface area contributed by atoms with Gasteiger partial charge in [0, 0.05) is 0 Å². The molecule has 0 aliphatic rings. The van der Waals surface area contributed by atoms with Gasteiger partial charge < -0.3 is 0 Å². The van der Waals surface area contributed by atoms with Gasteiger partial charge in [-0.15, -0.1) is 0 Å². The zero-order valence-electron chi connectivity index (χ0n) is 11.5. The zero-order valence-corrected chi connectivity index (χ0v) is 13.2. The Hall–Kier alpha value is -0.791. The molecular weight excluding hydrogens is 289 g/mol. The molecule has 0 radical (unpaired) electrons. The summed E-state index contributed by atoms with van der Waals surface area (Å²) in [4.78, 5) is 11.9. The van der Waals surface area contributed by atoms with Crippen molar-refractivity contribution >= 4 is 25.3 Å². The summed E-state index contributed by atoms with van der Waals surface area (Å²) in [5, 5.41) is 3.11. The SMILES string of the molecule is CCCC([Se]c1ccccc1)C(CC)NC(C)=O. The fourth-order valence-corrected chi connectivity index (χ4v) is 5.05. The minimum atomic E-state index is 0.0896. The Kier molecular flexibility index (Phi) is 7.07. The van der Waals surface area contributed by atoms with Crippen LogP contribution in [0.1, 0.15) is 40.0 Å². The molecule has 0 spiro atoms. The summed E-state index contributed by atoms with van der Waals surface area (Å²) < 4.78 is 1.42. The average Bonchev–Trinajstić information content (AvgIpc) is 2.36. The molecule has 0 aromatic heterocycles. The molecule has 0 aliphatic carbocycles. The van der Waals surface area contributed by atoms with Crippen LogP contribution in [-0.2, 0) is 4.79 Å². The molecule has 1 aromatic carbocycles. The third kappa shape index (κ3) is 5.24. The van der Waals surface area contributed by atoms with E-state index in [1.54, 1.807) is 6.92 Å². The number of carbonyl (C=O) groups is 1. The van der Waals surface area contributed by atoms with Gasteiger partial charge in [-0.25, -0.2) is 0 Å². The van der Waals surface area contributed by atoms with Gasteiger partial charge >= 0.3 is 117 Å². The van der Waals surface area contributed by atoms with Crippen molar-refractivity contribution in [2.75, 3.05) is 0 Å². The molecule has 2 atom stereocenters. The van der Waals surface area contributed by atoms with Crippen LogP contribution in [0.2, 0.25) is 4.82 Å². The molecule has 0 heterocycles. The molecule has 0 bridgehead atoms. The average molecular weight is 312 g/mol. The first-order valence-corrected chi connectivity index (χ1v) is 8.50. The summed E-state index contributed by atoms with van der Waals surface area (Å²) >= 11 is 0.431. The van der Waals surface area contributed by atoms with E-state index in [-0.39, 0.29) is 5.91 Å². The molecular formula is C15H23NOSe. The van der Waals surface area contributed by atoms with Gasteiger partial charge in [-0.05, 0) is 0 Å². The van der Waals surface area contributed by atoms with Crippen molar-refractivity contribution in [2.45, 2.75) is 50.9 Å². The molecule has 3 heteroatoms. The summed E-state index contributed by atoms with van der Waals surface area (Å²) in [7, 11) is 0. The topological polar surface area (TPSA) is 29.1 Å². The van der Waals surface area contributed by atoms with Crippen LogP contribution in [0.5, 0.6) is 0 Å². The van der Waals surface area contributed by atoms with Crippen molar-refractivity contribution in [1.82, 2.24) is 5.32 Å². The maximum atomic E-state index is 11.3. The Morgan fingerprint density at radius 1 is 1.28 bits per heavy atom. The molecule has 0 saturated heterocycles. The molecule has 2 nitrogen and oxygen atoms in total. The van der Waals surface area contributed by atoms with E-state index in [0.717, 1.165) is 6.42 Å². The standard InChI is InChI=1S/C15H23NOSe/c1-4-9-15(14(5-2)16-12(3)17)18-13-10-7-6-8-11-13/h6-8,10-11,14-15H,4-5,9H2,1-3H3,(H,16,17). The van der Waals surface area contributed by atoms with Gasteiger partial charge in [0.15, 0.2) is 0 Å². The second kappa shape index (κ2) is 8.34. The Labute approximate surface area is 117 Å². The number of rotatable bonds is 7. The van der Waals surface area contributed by atoms with E-state index in [4.69, 9.17) is 0 Å². The first kappa shape index (κ1) is 15.3. The maximum absolute atomic E-state index is 11.3. The third-order valence-corrected chi connectivity index (χ3v) is 5.84. The quantitative estimate of drug-likeness (QED) is 0.770. The molecule has 1 N–H and O–H groups in total. The van der Waals surface area contributed by atoms with E-state index in [2.05, 4.69) is 49.5 Å². The van der Waals surface area contributed by atoms with Crippen LogP contribution in [-0.4, -0.2) is 26.9 Å². The van der Waals surface area contributed by atoms with Crippen molar-refractivity contribution in [1.29, 1.82) is 0 Å². The van der Waals surface area contributed by atoms with Gasteiger partial charge in [0.2, 0.25) is 0 Å². The van der Waals surface area contributed by atoms with Crippen molar-refractivity contribution in [3.8, 4) is 0 Å². The van der Waals surface area contributed by atoms with E-state index < -0.39 is 0 Å². The van der Waals surface area contributed by atoms with E-state index in [1.165, 1.54) is 17.3 Å². The molecule has 1 aromatic rings. The Balaban J connectivity index is 2.70. The zero-order chi connectivity index (χ0) is 13.4. The summed E-state index contributed by atoms with van der Waals surface area (Å²) in [5.41, 5.74) is 0. The van der Waals surface area contributed by atoms with Gasteiger partial charge in [-0.2, -0.15) is 0 Å². The molecule has 0 saturated carbocycles. The summed E-state index contributed by atoms with van der Waals surface area (Å²) in [6, 6.07) is 11.0. The Morgan fingerprint density at radius 3 is 2.44 bits per heavy atom. The van der Waals surface area contributed by atoms with Crippen molar-refractivity contribution in [3.63, 3.8) is 0 Å². The summed E-state index contributed by atoms with van der Waals surface area (Å²) in [5.74, 6) is 0.0896. The Bertz CT molecular complexity index is 353. The van der Waals surface area contributed by atoms with Gasteiger partial charge in [-0.1, -0.05) is 0 Å². The minimum absolute atomic E-state index is 0.0896. The van der Waals surface area contributed by atoms with Crippen LogP contribution in [0, 0.1) is 0 Å². The summed E-state index contributed by atoms with van der Waals surface area (Å²) in [6.07, 6.45) is 3.38. The molecule has 1 amide bonds. The first-order valence-electron chi connectivity index (χ1n) is 6.66. The molecule has 0 fully saturated rings. The van der Waals surface area contributed by atoms with E-state index >= 15 is 0 Å². The molecule has 100 valence electrons. The van der Waals surface area contributed by atoms with Crippen LogP contribution in [0.4, 0.5) is 0 Å². The van der Waals surface area contributed by atoms with Gasteiger partial charge in [0.25, 0.3) is 0 Å².